The lowest BCUT2D eigenvalue weighted by Gasteiger charge is -2.32. The van der Waals surface area contributed by atoms with Crippen LogP contribution in [0.25, 0.3) is 0 Å². The van der Waals surface area contributed by atoms with Crippen LogP contribution in [-0.2, 0) is 0 Å². The first-order valence-corrected chi connectivity index (χ1v) is 8.91. The highest BCUT2D eigenvalue weighted by atomic mass is 35.5. The van der Waals surface area contributed by atoms with Gasteiger partial charge in [0.15, 0.2) is 0 Å². The molecule has 1 aliphatic heterocycles. The molecule has 0 bridgehead atoms. The summed E-state index contributed by atoms with van der Waals surface area (Å²) in [5.74, 6) is 0.343. The maximum atomic E-state index is 13.0. The van der Waals surface area contributed by atoms with E-state index in [9.17, 15) is 9.50 Å². The fourth-order valence-electron chi connectivity index (χ4n) is 3.38. The zero-order valence-corrected chi connectivity index (χ0v) is 14.4. The lowest BCUT2D eigenvalue weighted by molar-refractivity contribution is 0.130. The van der Waals surface area contributed by atoms with Crippen LogP contribution < -0.4 is 0 Å². The van der Waals surface area contributed by atoms with Crippen LogP contribution in [0.2, 0.25) is 5.02 Å². The first kappa shape index (κ1) is 17.4. The molecule has 1 unspecified atom stereocenters. The second-order valence-electron chi connectivity index (χ2n) is 6.52. The van der Waals surface area contributed by atoms with Crippen molar-refractivity contribution in [1.29, 1.82) is 0 Å². The Labute approximate surface area is 147 Å². The third kappa shape index (κ3) is 4.56. The summed E-state index contributed by atoms with van der Waals surface area (Å²) in [5, 5.41) is 11.0. The summed E-state index contributed by atoms with van der Waals surface area (Å²) in [6, 6.07) is 14.3. The molecule has 24 heavy (non-hydrogen) atoms. The largest absolute Gasteiger partial charge is 0.388 e. The van der Waals surface area contributed by atoms with Crippen LogP contribution in [0.5, 0.6) is 0 Å². The van der Waals surface area contributed by atoms with Gasteiger partial charge in [-0.05, 0) is 73.7 Å². The van der Waals surface area contributed by atoms with Gasteiger partial charge in [-0.1, -0.05) is 35.9 Å². The van der Waals surface area contributed by atoms with Crippen molar-refractivity contribution in [3.63, 3.8) is 0 Å². The van der Waals surface area contributed by atoms with Crippen LogP contribution in [0, 0.1) is 5.82 Å². The fourth-order valence-corrected chi connectivity index (χ4v) is 3.51. The van der Waals surface area contributed by atoms with Crippen molar-refractivity contribution in [1.82, 2.24) is 4.90 Å². The summed E-state index contributed by atoms with van der Waals surface area (Å²) in [5.41, 5.74) is 2.15. The molecule has 0 radical (unpaired) electrons. The number of rotatable bonds is 5. The molecule has 1 aliphatic rings. The summed E-state index contributed by atoms with van der Waals surface area (Å²) in [6.45, 7) is 2.94. The first-order valence-electron chi connectivity index (χ1n) is 8.53. The predicted molar refractivity (Wildman–Crippen MR) is 95.8 cm³/mol. The van der Waals surface area contributed by atoms with Crippen molar-refractivity contribution in [2.45, 2.75) is 31.3 Å². The van der Waals surface area contributed by atoms with E-state index in [2.05, 4.69) is 4.90 Å². The number of nitrogens with zero attached hydrogens (tertiary/aromatic N) is 1. The van der Waals surface area contributed by atoms with E-state index in [1.165, 1.54) is 5.56 Å². The van der Waals surface area contributed by atoms with E-state index >= 15 is 0 Å². The summed E-state index contributed by atoms with van der Waals surface area (Å²) >= 11 is 5.88. The summed E-state index contributed by atoms with van der Waals surface area (Å²) in [4.78, 5) is 2.40. The number of likely N-dealkylation sites (tertiary alicyclic amines) is 1. The van der Waals surface area contributed by atoms with Crippen LogP contribution in [0.15, 0.2) is 48.5 Å². The van der Waals surface area contributed by atoms with E-state index in [0.29, 0.717) is 10.9 Å². The average Bonchev–Trinajstić information content (AvgIpc) is 2.61. The number of piperidine rings is 1. The smallest absolute Gasteiger partial charge is 0.123 e. The molecule has 0 aliphatic carbocycles. The Morgan fingerprint density at radius 1 is 1.04 bits per heavy atom. The van der Waals surface area contributed by atoms with Gasteiger partial charge in [0, 0.05) is 11.6 Å². The second-order valence-corrected chi connectivity index (χ2v) is 6.96. The third-order valence-corrected chi connectivity index (χ3v) is 5.15. The number of halogens is 2. The highest BCUT2D eigenvalue weighted by Gasteiger charge is 2.21. The molecule has 2 aromatic rings. The molecule has 1 N–H and O–H groups in total. The van der Waals surface area contributed by atoms with Crippen molar-refractivity contribution < 1.29 is 9.50 Å². The molecule has 1 heterocycles. The van der Waals surface area contributed by atoms with Gasteiger partial charge in [-0.15, -0.1) is 0 Å². The predicted octanol–water partition coefficient (Wildman–Crippen LogP) is 4.78. The molecule has 128 valence electrons. The van der Waals surface area contributed by atoms with Crippen molar-refractivity contribution in [3.8, 4) is 0 Å². The van der Waals surface area contributed by atoms with Crippen molar-refractivity contribution in [3.05, 3.63) is 70.5 Å². The van der Waals surface area contributed by atoms with E-state index in [4.69, 9.17) is 11.6 Å². The van der Waals surface area contributed by atoms with Crippen molar-refractivity contribution >= 4 is 11.6 Å². The quantitative estimate of drug-likeness (QED) is 0.841. The minimum Gasteiger partial charge on any atom is -0.388 e. The monoisotopic (exact) mass is 347 g/mol. The minimum absolute atomic E-state index is 0.174. The molecule has 2 nitrogen and oxygen atoms in total. The van der Waals surface area contributed by atoms with Crippen LogP contribution in [0.3, 0.4) is 0 Å². The fraction of sp³-hybridized carbons (Fsp3) is 0.400. The molecular weight excluding hydrogens is 325 g/mol. The van der Waals surface area contributed by atoms with Gasteiger partial charge in [0.1, 0.15) is 5.82 Å². The first-order chi connectivity index (χ1) is 11.6. The Morgan fingerprint density at radius 3 is 2.29 bits per heavy atom. The molecule has 1 saturated heterocycles. The lowest BCUT2D eigenvalue weighted by Crippen LogP contribution is -2.34. The number of benzene rings is 2. The zero-order chi connectivity index (χ0) is 16.9. The average molecular weight is 348 g/mol. The van der Waals surface area contributed by atoms with Gasteiger partial charge in [-0.2, -0.15) is 0 Å². The van der Waals surface area contributed by atoms with Gasteiger partial charge in [-0.25, -0.2) is 4.39 Å². The third-order valence-electron chi connectivity index (χ3n) is 4.90. The summed E-state index contributed by atoms with van der Waals surface area (Å²) in [7, 11) is 0. The molecule has 1 fully saturated rings. The van der Waals surface area contributed by atoms with Gasteiger partial charge in [0.05, 0.1) is 6.10 Å². The topological polar surface area (TPSA) is 23.5 Å². The van der Waals surface area contributed by atoms with E-state index < -0.39 is 6.10 Å². The van der Waals surface area contributed by atoms with E-state index in [0.717, 1.165) is 44.5 Å². The van der Waals surface area contributed by atoms with Gasteiger partial charge in [-0.3, -0.25) is 0 Å². The van der Waals surface area contributed by atoms with E-state index in [-0.39, 0.29) is 5.82 Å². The Hall–Kier alpha value is -1.42. The number of hydrogen-bond acceptors (Lipinski definition) is 2. The molecular formula is C20H23ClFNO. The highest BCUT2D eigenvalue weighted by Crippen LogP contribution is 2.28. The molecule has 0 amide bonds. The molecule has 0 saturated carbocycles. The van der Waals surface area contributed by atoms with Crippen molar-refractivity contribution in [2.75, 3.05) is 19.6 Å². The maximum absolute atomic E-state index is 13.0. The number of hydrogen-bond donors (Lipinski definition) is 1. The standard InChI is InChI=1S/C20H23ClFNO/c21-18-5-1-17(2-6-18)20(24)11-14-23-12-9-16(10-13-23)15-3-7-19(22)8-4-15/h1-8,16,20,24H,9-14H2. The van der Waals surface area contributed by atoms with Crippen LogP contribution in [0.4, 0.5) is 4.39 Å². The molecule has 0 aromatic heterocycles. The normalized spacial score (nSPS) is 17.8. The Bertz CT molecular complexity index is 636. The van der Waals surface area contributed by atoms with Gasteiger partial charge < -0.3 is 10.0 Å². The summed E-state index contributed by atoms with van der Waals surface area (Å²) < 4.78 is 13.0. The Balaban J connectivity index is 1.45. The molecule has 2 aromatic carbocycles. The molecule has 0 spiro atoms. The van der Waals surface area contributed by atoms with E-state index in [1.807, 2.05) is 36.4 Å². The number of aliphatic hydroxyl groups excluding tert-OH is 1. The SMILES string of the molecule is OC(CCN1CCC(c2ccc(F)cc2)CC1)c1ccc(Cl)cc1. The van der Waals surface area contributed by atoms with Gasteiger partial charge >= 0.3 is 0 Å². The van der Waals surface area contributed by atoms with Crippen molar-refractivity contribution in [2.24, 2.45) is 0 Å². The van der Waals surface area contributed by atoms with E-state index in [1.54, 1.807) is 12.1 Å². The molecule has 3 rings (SSSR count). The van der Waals surface area contributed by atoms with Crippen LogP contribution in [0.1, 0.15) is 42.4 Å². The highest BCUT2D eigenvalue weighted by molar-refractivity contribution is 6.30. The van der Waals surface area contributed by atoms with Crippen LogP contribution in [-0.4, -0.2) is 29.6 Å². The second kappa shape index (κ2) is 8.11. The minimum atomic E-state index is -0.447. The van der Waals surface area contributed by atoms with Gasteiger partial charge in [0.2, 0.25) is 0 Å². The van der Waals surface area contributed by atoms with Gasteiger partial charge in [0.25, 0.3) is 0 Å². The molecule has 4 heteroatoms. The van der Waals surface area contributed by atoms with Crippen LogP contribution >= 0.6 is 11.6 Å². The molecule has 1 atom stereocenters. The Kier molecular flexibility index (Phi) is 5.88. The summed E-state index contributed by atoms with van der Waals surface area (Å²) in [6.07, 6.45) is 2.45. The number of aliphatic hydroxyl groups is 1. The Morgan fingerprint density at radius 2 is 1.67 bits per heavy atom. The zero-order valence-electron chi connectivity index (χ0n) is 13.7. The lowest BCUT2D eigenvalue weighted by atomic mass is 9.89. The maximum Gasteiger partial charge on any atom is 0.123 e.